The van der Waals surface area contributed by atoms with Crippen LogP contribution < -0.4 is 20.1 Å². The lowest BCUT2D eigenvalue weighted by molar-refractivity contribution is 0.312. The number of benzene rings is 1. The van der Waals surface area contributed by atoms with Crippen LogP contribution in [0.1, 0.15) is 5.56 Å². The molecule has 1 aromatic heterocycles. The van der Waals surface area contributed by atoms with Crippen LogP contribution in [0.25, 0.3) is 17.3 Å². The molecule has 26 heavy (non-hydrogen) atoms. The number of methoxy groups -OCH3 is 2. The summed E-state index contributed by atoms with van der Waals surface area (Å²) in [5.74, 6) is 1.88. The van der Waals surface area contributed by atoms with Crippen LogP contribution in [0, 0.1) is 0 Å². The van der Waals surface area contributed by atoms with Crippen molar-refractivity contribution in [3.8, 4) is 22.8 Å². The van der Waals surface area contributed by atoms with E-state index in [0.29, 0.717) is 23.0 Å². The van der Waals surface area contributed by atoms with Gasteiger partial charge in [-0.3, -0.25) is 0 Å². The first-order valence-corrected chi connectivity index (χ1v) is 8.49. The molecule has 0 amide bonds. The molecular formula is C19H24N4O3. The number of ether oxygens (including phenoxy) is 2. The fraction of sp³-hybridized carbons (Fsp3) is 0.368. The fourth-order valence-electron chi connectivity index (χ4n) is 3.08. The van der Waals surface area contributed by atoms with Gasteiger partial charge in [-0.05, 0) is 24.7 Å². The number of piperazine rings is 1. The Morgan fingerprint density at radius 1 is 1.12 bits per heavy atom. The highest BCUT2D eigenvalue weighted by Gasteiger charge is 2.18. The molecule has 0 bridgehead atoms. The molecule has 0 radical (unpaired) electrons. The summed E-state index contributed by atoms with van der Waals surface area (Å²) in [6.45, 7) is 7.44. The van der Waals surface area contributed by atoms with Crippen LogP contribution in [-0.4, -0.2) is 62.3 Å². The molecule has 0 unspecified atom stereocenters. The van der Waals surface area contributed by atoms with Crippen molar-refractivity contribution in [3.05, 3.63) is 40.8 Å². The average molecular weight is 356 g/mol. The third kappa shape index (κ3) is 3.57. The van der Waals surface area contributed by atoms with E-state index in [9.17, 15) is 4.79 Å². The number of nitrogens with zero attached hydrogens (tertiary/aromatic N) is 3. The number of nitrogens with one attached hydrogen (secondary N) is 1. The maximum absolute atomic E-state index is 12.2. The third-order valence-corrected chi connectivity index (χ3v) is 4.62. The van der Waals surface area contributed by atoms with Crippen LogP contribution in [0.4, 0.5) is 5.82 Å². The van der Waals surface area contributed by atoms with Gasteiger partial charge in [0.25, 0.3) is 0 Å². The Bertz CT molecular complexity index is 854. The second-order valence-corrected chi connectivity index (χ2v) is 6.25. The normalized spacial score (nSPS) is 15.0. The minimum absolute atomic E-state index is 0.374. The molecular weight excluding hydrogens is 332 g/mol. The number of anilines is 1. The predicted molar refractivity (Wildman–Crippen MR) is 103 cm³/mol. The summed E-state index contributed by atoms with van der Waals surface area (Å²) in [6, 6.07) is 5.59. The van der Waals surface area contributed by atoms with Crippen LogP contribution in [0.3, 0.4) is 0 Å². The van der Waals surface area contributed by atoms with Crippen molar-refractivity contribution in [3.63, 3.8) is 0 Å². The lowest BCUT2D eigenvalue weighted by atomic mass is 10.0. The van der Waals surface area contributed by atoms with E-state index in [1.807, 2.05) is 18.2 Å². The van der Waals surface area contributed by atoms with Crippen molar-refractivity contribution in [2.45, 2.75) is 0 Å². The lowest BCUT2D eigenvalue weighted by Crippen LogP contribution is -2.45. The number of H-pyrrole nitrogens is 1. The van der Waals surface area contributed by atoms with E-state index in [4.69, 9.17) is 9.47 Å². The lowest BCUT2D eigenvalue weighted by Gasteiger charge is -2.33. The first-order valence-electron chi connectivity index (χ1n) is 8.49. The summed E-state index contributed by atoms with van der Waals surface area (Å²) in [5.41, 5.74) is 1.96. The van der Waals surface area contributed by atoms with Crippen molar-refractivity contribution < 1.29 is 9.47 Å². The van der Waals surface area contributed by atoms with E-state index in [1.165, 1.54) is 0 Å². The number of likely N-dealkylation sites (N-methyl/N-ethyl adjacent to an activating group) is 1. The molecule has 0 atom stereocenters. The van der Waals surface area contributed by atoms with Gasteiger partial charge in [0, 0.05) is 37.8 Å². The van der Waals surface area contributed by atoms with E-state index < -0.39 is 0 Å². The summed E-state index contributed by atoms with van der Waals surface area (Å²) in [6.07, 6.45) is 1.73. The van der Waals surface area contributed by atoms with Crippen LogP contribution >= 0.6 is 0 Å². The molecule has 1 fully saturated rings. The van der Waals surface area contributed by atoms with Gasteiger partial charge < -0.3 is 24.3 Å². The molecule has 1 saturated heterocycles. The molecule has 0 spiro atoms. The monoisotopic (exact) mass is 356 g/mol. The summed E-state index contributed by atoms with van der Waals surface area (Å²) in [7, 11) is 5.26. The smallest absolute Gasteiger partial charge is 0.347 e. The summed E-state index contributed by atoms with van der Waals surface area (Å²) in [5, 5.41) is 0. The molecule has 1 aliphatic rings. The van der Waals surface area contributed by atoms with Gasteiger partial charge >= 0.3 is 5.69 Å². The Kier molecular flexibility index (Phi) is 5.27. The zero-order chi connectivity index (χ0) is 18.7. The molecule has 7 heteroatoms. The van der Waals surface area contributed by atoms with Crippen LogP contribution in [0.15, 0.2) is 29.6 Å². The maximum atomic E-state index is 12.2. The quantitative estimate of drug-likeness (QED) is 0.882. The van der Waals surface area contributed by atoms with Gasteiger partial charge in [0.2, 0.25) is 0 Å². The standard InChI is InChI=1S/C19H24N4O3/c1-5-13-10-16(25-3)17(26-4)11-14(13)15-12-18(21-19(24)20-15)23-8-6-22(2)7-9-23/h5,10-12H,1,6-9H2,2-4H3,(H,20,21,24). The van der Waals surface area contributed by atoms with E-state index in [1.54, 1.807) is 20.3 Å². The molecule has 2 heterocycles. The van der Waals surface area contributed by atoms with Crippen molar-refractivity contribution >= 4 is 11.9 Å². The average Bonchev–Trinajstić information content (AvgIpc) is 2.66. The molecule has 1 aliphatic heterocycles. The molecule has 0 aliphatic carbocycles. The fourth-order valence-corrected chi connectivity index (χ4v) is 3.08. The zero-order valence-corrected chi connectivity index (χ0v) is 15.4. The Hall–Kier alpha value is -2.80. The SMILES string of the molecule is C=Cc1cc(OC)c(OC)cc1-c1cc(N2CCN(C)CC2)nc(=O)[nH]1. The number of rotatable bonds is 5. The Morgan fingerprint density at radius 3 is 2.38 bits per heavy atom. The van der Waals surface area contributed by atoms with Gasteiger partial charge in [-0.2, -0.15) is 4.98 Å². The topological polar surface area (TPSA) is 70.7 Å². The number of aromatic nitrogens is 2. The van der Waals surface area contributed by atoms with Crippen molar-refractivity contribution in [2.75, 3.05) is 52.3 Å². The molecule has 2 aromatic rings. The zero-order valence-electron chi connectivity index (χ0n) is 15.4. The first kappa shape index (κ1) is 18.0. The Labute approximate surface area is 152 Å². The van der Waals surface area contributed by atoms with E-state index in [2.05, 4.69) is 33.4 Å². The minimum Gasteiger partial charge on any atom is -0.493 e. The minimum atomic E-state index is -0.374. The van der Waals surface area contributed by atoms with Gasteiger partial charge in [-0.1, -0.05) is 12.7 Å². The number of aromatic amines is 1. The third-order valence-electron chi connectivity index (χ3n) is 4.62. The number of hydrogen-bond donors (Lipinski definition) is 1. The van der Waals surface area contributed by atoms with E-state index in [0.717, 1.165) is 37.3 Å². The van der Waals surface area contributed by atoms with Gasteiger partial charge in [-0.15, -0.1) is 0 Å². The molecule has 1 aromatic carbocycles. The highest BCUT2D eigenvalue weighted by molar-refractivity contribution is 5.77. The molecule has 0 saturated carbocycles. The summed E-state index contributed by atoms with van der Waals surface area (Å²) in [4.78, 5) is 23.6. The van der Waals surface area contributed by atoms with Crippen LogP contribution in [0.2, 0.25) is 0 Å². The van der Waals surface area contributed by atoms with Gasteiger partial charge in [0.15, 0.2) is 11.5 Å². The molecule has 1 N–H and O–H groups in total. The molecule has 3 rings (SSSR count). The summed E-state index contributed by atoms with van der Waals surface area (Å²) < 4.78 is 10.8. The number of hydrogen-bond acceptors (Lipinski definition) is 6. The maximum Gasteiger partial charge on any atom is 0.347 e. The first-order chi connectivity index (χ1) is 12.5. The predicted octanol–water partition coefficient (Wildman–Crippen LogP) is 1.85. The Balaban J connectivity index is 2.07. The highest BCUT2D eigenvalue weighted by atomic mass is 16.5. The van der Waals surface area contributed by atoms with Gasteiger partial charge in [-0.25, -0.2) is 4.79 Å². The van der Waals surface area contributed by atoms with Crippen LogP contribution in [-0.2, 0) is 0 Å². The molecule has 7 nitrogen and oxygen atoms in total. The van der Waals surface area contributed by atoms with Crippen LogP contribution in [0.5, 0.6) is 11.5 Å². The second kappa shape index (κ2) is 7.61. The van der Waals surface area contributed by atoms with E-state index in [-0.39, 0.29) is 5.69 Å². The second-order valence-electron chi connectivity index (χ2n) is 6.25. The summed E-state index contributed by atoms with van der Waals surface area (Å²) >= 11 is 0. The van der Waals surface area contributed by atoms with Gasteiger partial charge in [0.1, 0.15) is 5.82 Å². The molecule has 138 valence electrons. The van der Waals surface area contributed by atoms with Gasteiger partial charge in [0.05, 0.1) is 19.9 Å². The van der Waals surface area contributed by atoms with E-state index >= 15 is 0 Å². The Morgan fingerprint density at radius 2 is 1.77 bits per heavy atom. The largest absolute Gasteiger partial charge is 0.493 e. The van der Waals surface area contributed by atoms with Crippen molar-refractivity contribution in [2.24, 2.45) is 0 Å². The van der Waals surface area contributed by atoms with Crippen molar-refractivity contribution in [1.82, 2.24) is 14.9 Å². The van der Waals surface area contributed by atoms with Crippen molar-refractivity contribution in [1.29, 1.82) is 0 Å². The highest BCUT2D eigenvalue weighted by Crippen LogP contribution is 2.36.